The van der Waals surface area contributed by atoms with Crippen molar-refractivity contribution in [2.24, 2.45) is 11.1 Å². The van der Waals surface area contributed by atoms with Crippen molar-refractivity contribution in [3.8, 4) is 17.2 Å². The van der Waals surface area contributed by atoms with Gasteiger partial charge in [0.15, 0.2) is 11.5 Å². The van der Waals surface area contributed by atoms with Crippen LogP contribution in [0.25, 0.3) is 0 Å². The molecule has 0 saturated carbocycles. The maximum Gasteiger partial charge on any atom is 0.200 e. The maximum atomic E-state index is 10.3. The van der Waals surface area contributed by atoms with Crippen LogP contribution in [0.3, 0.4) is 0 Å². The third kappa shape index (κ3) is 4.95. The van der Waals surface area contributed by atoms with Gasteiger partial charge in [-0.05, 0) is 29.5 Å². The number of aliphatic hydroxyl groups excluding tert-OH is 1. The molecule has 21 heavy (non-hydrogen) atoms. The predicted octanol–water partition coefficient (Wildman–Crippen LogP) is 2.63. The van der Waals surface area contributed by atoms with Crippen molar-refractivity contribution in [3.63, 3.8) is 0 Å². The highest BCUT2D eigenvalue weighted by atomic mass is 35.5. The van der Waals surface area contributed by atoms with Crippen LogP contribution >= 0.6 is 12.4 Å². The number of methoxy groups -OCH3 is 2. The van der Waals surface area contributed by atoms with Crippen LogP contribution in [0.4, 0.5) is 0 Å². The number of aromatic hydroxyl groups is 1. The number of phenols is 1. The molecule has 0 aliphatic carbocycles. The van der Waals surface area contributed by atoms with Crippen LogP contribution in [0.15, 0.2) is 12.1 Å². The normalized spacial score (nSPS) is 14.0. The molecule has 1 aromatic carbocycles. The molecule has 0 amide bonds. The zero-order valence-corrected chi connectivity index (χ0v) is 14.0. The lowest BCUT2D eigenvalue weighted by Gasteiger charge is -2.29. The summed E-state index contributed by atoms with van der Waals surface area (Å²) in [6.45, 7) is 6.09. The Labute approximate surface area is 132 Å². The monoisotopic (exact) mass is 319 g/mol. The van der Waals surface area contributed by atoms with Gasteiger partial charge in [0.1, 0.15) is 0 Å². The number of ether oxygens (including phenoxy) is 2. The van der Waals surface area contributed by atoms with E-state index in [4.69, 9.17) is 15.2 Å². The number of hydrogen-bond acceptors (Lipinski definition) is 5. The van der Waals surface area contributed by atoms with E-state index in [0.717, 1.165) is 0 Å². The quantitative estimate of drug-likeness (QED) is 0.777. The van der Waals surface area contributed by atoms with Gasteiger partial charge in [-0.1, -0.05) is 20.8 Å². The molecule has 1 rings (SSSR count). The molecule has 0 aliphatic heterocycles. The molecule has 0 saturated heterocycles. The van der Waals surface area contributed by atoms with E-state index in [9.17, 15) is 10.2 Å². The fourth-order valence-electron chi connectivity index (χ4n) is 1.84. The van der Waals surface area contributed by atoms with Crippen molar-refractivity contribution >= 4 is 12.4 Å². The van der Waals surface area contributed by atoms with Gasteiger partial charge < -0.3 is 25.4 Å². The van der Waals surface area contributed by atoms with Gasteiger partial charge >= 0.3 is 0 Å². The van der Waals surface area contributed by atoms with Crippen LogP contribution in [0.5, 0.6) is 17.2 Å². The Morgan fingerprint density at radius 2 is 1.57 bits per heavy atom. The third-order valence-electron chi connectivity index (χ3n) is 3.48. The van der Waals surface area contributed by atoms with Gasteiger partial charge in [0, 0.05) is 6.04 Å². The number of phenolic OH excluding ortho intramolecular Hbond substituents is 1. The smallest absolute Gasteiger partial charge is 0.200 e. The Hall–Kier alpha value is -1.17. The molecule has 0 bridgehead atoms. The summed E-state index contributed by atoms with van der Waals surface area (Å²) < 4.78 is 10.2. The fourth-order valence-corrected chi connectivity index (χ4v) is 1.84. The first-order valence-electron chi connectivity index (χ1n) is 6.59. The van der Waals surface area contributed by atoms with Gasteiger partial charge in [-0.15, -0.1) is 12.4 Å². The van der Waals surface area contributed by atoms with E-state index in [-0.39, 0.29) is 41.1 Å². The minimum absolute atomic E-state index is 0. The molecule has 0 spiro atoms. The summed E-state index contributed by atoms with van der Waals surface area (Å²) in [6, 6.07) is 3.04. The summed E-state index contributed by atoms with van der Waals surface area (Å²) in [5.41, 5.74) is 6.60. The summed E-state index contributed by atoms with van der Waals surface area (Å²) in [4.78, 5) is 0. The maximum absolute atomic E-state index is 10.3. The molecule has 1 aromatic rings. The minimum Gasteiger partial charge on any atom is -0.502 e. The lowest BCUT2D eigenvalue weighted by atomic mass is 9.83. The predicted molar refractivity (Wildman–Crippen MR) is 85.5 cm³/mol. The number of hydrogen-bond donors (Lipinski definition) is 3. The molecular formula is C15H26ClNO4. The number of aliphatic hydroxyl groups is 1. The average molecular weight is 320 g/mol. The van der Waals surface area contributed by atoms with E-state index in [2.05, 4.69) is 0 Å². The van der Waals surface area contributed by atoms with Gasteiger partial charge in [-0.25, -0.2) is 0 Å². The standard InChI is InChI=1S/C15H25NO4.ClH/c1-15(2,3)13(16)8-10(17)9-6-11(19-4)14(18)12(7-9)20-5;/h6-7,10,13,17-18H,8,16H2,1-5H3;1H/t10-,13-;/m1./s1. The van der Waals surface area contributed by atoms with Crippen molar-refractivity contribution in [3.05, 3.63) is 17.7 Å². The topological polar surface area (TPSA) is 84.9 Å². The third-order valence-corrected chi connectivity index (χ3v) is 3.48. The van der Waals surface area contributed by atoms with E-state index in [1.54, 1.807) is 12.1 Å². The van der Waals surface area contributed by atoms with Gasteiger partial charge in [0.2, 0.25) is 5.75 Å². The Bertz CT molecular complexity index is 434. The second-order valence-corrected chi connectivity index (χ2v) is 6.00. The van der Waals surface area contributed by atoms with E-state index in [0.29, 0.717) is 12.0 Å². The van der Waals surface area contributed by atoms with Crippen LogP contribution in [-0.2, 0) is 0 Å². The average Bonchev–Trinajstić information content (AvgIpc) is 2.37. The van der Waals surface area contributed by atoms with Crippen molar-refractivity contribution in [1.82, 2.24) is 0 Å². The number of benzene rings is 1. The highest BCUT2D eigenvalue weighted by Crippen LogP contribution is 2.39. The molecule has 0 aliphatic rings. The van der Waals surface area contributed by atoms with E-state index in [1.165, 1.54) is 14.2 Å². The minimum atomic E-state index is -0.743. The van der Waals surface area contributed by atoms with E-state index >= 15 is 0 Å². The van der Waals surface area contributed by atoms with Crippen LogP contribution < -0.4 is 15.2 Å². The summed E-state index contributed by atoms with van der Waals surface area (Å²) >= 11 is 0. The first-order valence-corrected chi connectivity index (χ1v) is 6.59. The molecule has 5 nitrogen and oxygen atoms in total. The Morgan fingerprint density at radius 3 is 1.90 bits per heavy atom. The number of nitrogens with two attached hydrogens (primary N) is 1. The Balaban J connectivity index is 0.00000400. The van der Waals surface area contributed by atoms with Crippen LogP contribution in [0, 0.1) is 5.41 Å². The van der Waals surface area contributed by atoms with E-state index < -0.39 is 6.10 Å². The molecule has 2 atom stereocenters. The van der Waals surface area contributed by atoms with Crippen LogP contribution in [-0.4, -0.2) is 30.5 Å². The zero-order valence-electron chi connectivity index (χ0n) is 13.2. The number of rotatable bonds is 5. The molecule has 0 radical (unpaired) electrons. The molecule has 6 heteroatoms. The van der Waals surface area contributed by atoms with Crippen LogP contribution in [0.2, 0.25) is 0 Å². The highest BCUT2D eigenvalue weighted by molar-refractivity contribution is 5.85. The molecule has 0 aromatic heterocycles. The fraction of sp³-hybridized carbons (Fsp3) is 0.600. The molecule has 0 fully saturated rings. The Morgan fingerprint density at radius 1 is 1.14 bits per heavy atom. The van der Waals surface area contributed by atoms with Crippen molar-refractivity contribution in [2.45, 2.75) is 39.3 Å². The summed E-state index contributed by atoms with van der Waals surface area (Å²) in [7, 11) is 2.90. The van der Waals surface area contributed by atoms with Crippen molar-refractivity contribution in [2.75, 3.05) is 14.2 Å². The first-order chi connectivity index (χ1) is 9.20. The largest absolute Gasteiger partial charge is 0.502 e. The van der Waals surface area contributed by atoms with Gasteiger partial charge in [-0.2, -0.15) is 0 Å². The second-order valence-electron chi connectivity index (χ2n) is 6.00. The lowest BCUT2D eigenvalue weighted by Crippen LogP contribution is -2.36. The lowest BCUT2D eigenvalue weighted by molar-refractivity contribution is 0.132. The van der Waals surface area contributed by atoms with Crippen LogP contribution in [0.1, 0.15) is 38.9 Å². The van der Waals surface area contributed by atoms with Crippen molar-refractivity contribution in [1.29, 1.82) is 0 Å². The summed E-state index contributed by atoms with van der Waals surface area (Å²) in [5, 5.41) is 20.2. The molecular weight excluding hydrogens is 294 g/mol. The second kappa shape index (κ2) is 7.73. The zero-order chi connectivity index (χ0) is 15.5. The van der Waals surface area contributed by atoms with Gasteiger partial charge in [-0.3, -0.25) is 0 Å². The summed E-state index contributed by atoms with van der Waals surface area (Å²) in [5.74, 6) is 0.455. The number of halogens is 1. The molecule has 0 unspecified atom stereocenters. The van der Waals surface area contributed by atoms with Gasteiger partial charge in [0.25, 0.3) is 0 Å². The summed E-state index contributed by atoms with van der Waals surface area (Å²) in [6.07, 6.45) is -0.326. The van der Waals surface area contributed by atoms with Gasteiger partial charge in [0.05, 0.1) is 20.3 Å². The highest BCUT2D eigenvalue weighted by Gasteiger charge is 2.25. The first kappa shape index (κ1) is 19.8. The molecule has 0 heterocycles. The Kier molecular flexibility index (Phi) is 7.30. The molecule has 4 N–H and O–H groups in total. The van der Waals surface area contributed by atoms with Crippen molar-refractivity contribution < 1.29 is 19.7 Å². The van der Waals surface area contributed by atoms with E-state index in [1.807, 2.05) is 20.8 Å². The molecule has 122 valence electrons. The SMILES string of the molecule is COc1cc([C@H](O)C[C@@H](N)C(C)(C)C)cc(OC)c1O.Cl.